The summed E-state index contributed by atoms with van der Waals surface area (Å²) in [6.07, 6.45) is 5.60. The zero-order valence-electron chi connectivity index (χ0n) is 9.89. The molecule has 1 aromatic heterocycles. The highest BCUT2D eigenvalue weighted by atomic mass is 15.2. The van der Waals surface area contributed by atoms with Gasteiger partial charge < -0.3 is 0 Å². The number of hydrogen-bond donors (Lipinski definition) is 1. The molecule has 3 nitrogen and oxygen atoms in total. The number of nitrogens with one attached hydrogen (secondary N) is 1. The third kappa shape index (κ3) is 1.42. The Kier molecular flexibility index (Phi) is 2.03. The van der Waals surface area contributed by atoms with Crippen molar-refractivity contribution in [2.45, 2.75) is 44.3 Å². The first kappa shape index (κ1) is 9.66. The Morgan fingerprint density at radius 1 is 1.12 bits per heavy atom. The van der Waals surface area contributed by atoms with Crippen LogP contribution in [0.1, 0.15) is 31.4 Å². The molecule has 4 rings (SSSR count). The van der Waals surface area contributed by atoms with Crippen LogP contribution in [0.4, 0.5) is 0 Å². The average Bonchev–Trinajstić information content (AvgIpc) is 3.06. The standard InChI is InChI=1S/C14H17N3/c1-2-4-13-12(3-1)14(16-15-13)9-17-10-5-6-11(17)8-7-10/h1-4,10-11H,5-9H2,(H,15,16). The van der Waals surface area contributed by atoms with Crippen LogP contribution in [0.2, 0.25) is 0 Å². The number of para-hydroxylation sites is 1. The molecule has 2 bridgehead atoms. The molecule has 88 valence electrons. The second-order valence-electron chi connectivity index (χ2n) is 5.35. The zero-order chi connectivity index (χ0) is 11.2. The summed E-state index contributed by atoms with van der Waals surface area (Å²) in [5.74, 6) is 0. The molecule has 17 heavy (non-hydrogen) atoms. The van der Waals surface area contributed by atoms with Crippen LogP contribution in [0.25, 0.3) is 10.9 Å². The average molecular weight is 227 g/mol. The van der Waals surface area contributed by atoms with Gasteiger partial charge in [-0.15, -0.1) is 0 Å². The molecule has 0 aliphatic carbocycles. The molecule has 3 heterocycles. The Morgan fingerprint density at radius 2 is 1.82 bits per heavy atom. The maximum absolute atomic E-state index is 4.38. The van der Waals surface area contributed by atoms with Gasteiger partial charge in [0.25, 0.3) is 0 Å². The minimum absolute atomic E-state index is 0.835. The van der Waals surface area contributed by atoms with Gasteiger partial charge in [0, 0.05) is 24.0 Å². The SMILES string of the molecule is c1ccc2c(CN3C4CCC3CC4)[nH]nc2c1. The van der Waals surface area contributed by atoms with Crippen LogP contribution in [0.3, 0.4) is 0 Å². The van der Waals surface area contributed by atoms with Crippen molar-refractivity contribution in [3.8, 4) is 0 Å². The van der Waals surface area contributed by atoms with Gasteiger partial charge in [-0.2, -0.15) is 5.10 Å². The van der Waals surface area contributed by atoms with Gasteiger partial charge in [-0.1, -0.05) is 18.2 Å². The second-order valence-corrected chi connectivity index (χ2v) is 5.35. The molecule has 2 aliphatic heterocycles. The van der Waals surface area contributed by atoms with E-state index in [1.54, 1.807) is 0 Å². The van der Waals surface area contributed by atoms with Crippen LogP contribution in [-0.4, -0.2) is 27.2 Å². The summed E-state index contributed by atoms with van der Waals surface area (Å²) >= 11 is 0. The lowest BCUT2D eigenvalue weighted by molar-refractivity contribution is 0.242. The van der Waals surface area contributed by atoms with Crippen molar-refractivity contribution < 1.29 is 0 Å². The van der Waals surface area contributed by atoms with Crippen LogP contribution < -0.4 is 0 Å². The smallest absolute Gasteiger partial charge is 0.0924 e. The summed E-state index contributed by atoms with van der Waals surface area (Å²) in [7, 11) is 0. The zero-order valence-corrected chi connectivity index (χ0v) is 9.89. The summed E-state index contributed by atoms with van der Waals surface area (Å²) in [6, 6.07) is 10.1. The third-order valence-corrected chi connectivity index (χ3v) is 4.49. The number of benzene rings is 1. The molecule has 0 atom stereocenters. The first-order valence-electron chi connectivity index (χ1n) is 6.59. The van der Waals surface area contributed by atoms with Crippen LogP contribution in [0, 0.1) is 0 Å². The maximum atomic E-state index is 4.38. The maximum Gasteiger partial charge on any atom is 0.0924 e. The molecule has 0 saturated carbocycles. The summed E-state index contributed by atoms with van der Waals surface area (Å²) in [6.45, 7) is 1.05. The van der Waals surface area contributed by atoms with Crippen molar-refractivity contribution >= 4 is 10.9 Å². The van der Waals surface area contributed by atoms with Crippen LogP contribution in [-0.2, 0) is 6.54 Å². The van der Waals surface area contributed by atoms with Gasteiger partial charge in [-0.25, -0.2) is 0 Å². The van der Waals surface area contributed by atoms with Gasteiger partial charge in [0.15, 0.2) is 0 Å². The Labute approximate surface area is 101 Å². The lowest BCUT2D eigenvalue weighted by Crippen LogP contribution is -2.28. The van der Waals surface area contributed by atoms with Crippen molar-refractivity contribution in [3.63, 3.8) is 0 Å². The highest BCUT2D eigenvalue weighted by molar-refractivity contribution is 5.81. The Bertz CT molecular complexity index is 525. The predicted molar refractivity (Wildman–Crippen MR) is 67.7 cm³/mol. The second kappa shape index (κ2) is 3.57. The van der Waals surface area contributed by atoms with E-state index in [1.807, 2.05) is 6.07 Å². The fourth-order valence-electron chi connectivity index (χ4n) is 3.60. The van der Waals surface area contributed by atoms with Crippen molar-refractivity contribution in [1.82, 2.24) is 15.1 Å². The molecule has 2 aromatic rings. The first-order valence-corrected chi connectivity index (χ1v) is 6.59. The molecule has 0 spiro atoms. The van der Waals surface area contributed by atoms with E-state index in [2.05, 4.69) is 33.3 Å². The van der Waals surface area contributed by atoms with Crippen molar-refractivity contribution in [2.75, 3.05) is 0 Å². The molecule has 0 radical (unpaired) electrons. The van der Waals surface area contributed by atoms with E-state index in [0.717, 1.165) is 24.1 Å². The summed E-state index contributed by atoms with van der Waals surface area (Å²) < 4.78 is 0. The highest BCUT2D eigenvalue weighted by Crippen LogP contribution is 2.38. The molecule has 2 saturated heterocycles. The molecular formula is C14H17N3. The Morgan fingerprint density at radius 3 is 2.59 bits per heavy atom. The van der Waals surface area contributed by atoms with Gasteiger partial charge in [-0.3, -0.25) is 10.00 Å². The van der Waals surface area contributed by atoms with Crippen LogP contribution in [0.15, 0.2) is 24.3 Å². The van der Waals surface area contributed by atoms with E-state index in [0.29, 0.717) is 0 Å². The number of H-pyrrole nitrogens is 1. The van der Waals surface area contributed by atoms with Gasteiger partial charge >= 0.3 is 0 Å². The third-order valence-electron chi connectivity index (χ3n) is 4.49. The van der Waals surface area contributed by atoms with Crippen molar-refractivity contribution in [3.05, 3.63) is 30.0 Å². The number of fused-ring (bicyclic) bond motifs is 3. The molecule has 1 aromatic carbocycles. The Balaban J connectivity index is 1.67. The van der Waals surface area contributed by atoms with Gasteiger partial charge in [0.05, 0.1) is 11.2 Å². The van der Waals surface area contributed by atoms with Crippen LogP contribution >= 0.6 is 0 Å². The van der Waals surface area contributed by atoms with Crippen molar-refractivity contribution in [1.29, 1.82) is 0 Å². The number of rotatable bonds is 2. The predicted octanol–water partition coefficient (Wildman–Crippen LogP) is 2.69. The molecule has 0 amide bonds. The van der Waals surface area contributed by atoms with E-state index in [9.17, 15) is 0 Å². The van der Waals surface area contributed by atoms with Crippen molar-refractivity contribution in [2.24, 2.45) is 0 Å². The van der Waals surface area contributed by atoms with Gasteiger partial charge in [0.1, 0.15) is 0 Å². The molecule has 0 unspecified atom stereocenters. The number of aromatic nitrogens is 2. The lowest BCUT2D eigenvalue weighted by atomic mass is 10.0. The fourth-order valence-corrected chi connectivity index (χ4v) is 3.60. The molecule has 1 N–H and O–H groups in total. The largest absolute Gasteiger partial charge is 0.292 e. The topological polar surface area (TPSA) is 31.9 Å². The van der Waals surface area contributed by atoms with E-state index < -0.39 is 0 Å². The first-order chi connectivity index (χ1) is 8.42. The van der Waals surface area contributed by atoms with Crippen LogP contribution in [0.5, 0.6) is 0 Å². The normalized spacial score (nSPS) is 28.2. The molecule has 3 heteroatoms. The summed E-state index contributed by atoms with van der Waals surface area (Å²) in [5, 5.41) is 8.89. The fraction of sp³-hybridized carbons (Fsp3) is 0.500. The molecule has 2 aliphatic rings. The van der Waals surface area contributed by atoms with Gasteiger partial charge in [0.2, 0.25) is 0 Å². The van der Waals surface area contributed by atoms with E-state index >= 15 is 0 Å². The number of hydrogen-bond acceptors (Lipinski definition) is 2. The molecular weight excluding hydrogens is 210 g/mol. The minimum Gasteiger partial charge on any atom is -0.292 e. The van der Waals surface area contributed by atoms with E-state index in [-0.39, 0.29) is 0 Å². The quantitative estimate of drug-likeness (QED) is 0.855. The lowest BCUT2D eigenvalue weighted by Gasteiger charge is -2.20. The number of aromatic amines is 1. The summed E-state index contributed by atoms with van der Waals surface area (Å²) in [5.41, 5.74) is 2.38. The van der Waals surface area contributed by atoms with E-state index in [1.165, 1.54) is 36.8 Å². The monoisotopic (exact) mass is 227 g/mol. The highest BCUT2D eigenvalue weighted by Gasteiger charge is 2.39. The Hall–Kier alpha value is -1.35. The molecule has 2 fully saturated rings. The van der Waals surface area contributed by atoms with E-state index in [4.69, 9.17) is 0 Å². The summed E-state index contributed by atoms with van der Waals surface area (Å²) in [4.78, 5) is 2.68. The minimum atomic E-state index is 0.835. The number of nitrogens with zero attached hydrogens (tertiary/aromatic N) is 2. The van der Waals surface area contributed by atoms with Gasteiger partial charge in [-0.05, 0) is 31.7 Å².